The molecule has 1 N–H and O–H groups in total. The van der Waals surface area contributed by atoms with Crippen molar-refractivity contribution in [3.05, 3.63) is 0 Å². The molecule has 0 radical (unpaired) electrons. The summed E-state index contributed by atoms with van der Waals surface area (Å²) >= 11 is 4.87. The van der Waals surface area contributed by atoms with Crippen molar-refractivity contribution in [2.45, 2.75) is 6.92 Å². The van der Waals surface area contributed by atoms with E-state index < -0.39 is 0 Å². The van der Waals surface area contributed by atoms with Crippen molar-refractivity contribution in [3.8, 4) is 0 Å². The lowest BCUT2D eigenvalue weighted by Gasteiger charge is -1.74. The molecule has 0 bridgehead atoms. The van der Waals surface area contributed by atoms with Crippen molar-refractivity contribution in [1.82, 2.24) is 4.94 Å². The van der Waals surface area contributed by atoms with Crippen molar-refractivity contribution in [2.24, 2.45) is 10.3 Å². The highest BCUT2D eigenvalue weighted by atomic mass is 35.5. The first kappa shape index (κ1) is 5.69. The lowest BCUT2D eigenvalue weighted by molar-refractivity contribution is 0.871. The molecule has 6 heavy (non-hydrogen) atoms. The topological polar surface area (TPSA) is 36.8 Å². The third-order valence-corrected chi connectivity index (χ3v) is 0.326. The lowest BCUT2D eigenvalue weighted by atomic mass is 10.8. The van der Waals surface area contributed by atoms with Gasteiger partial charge in [0.25, 0.3) is 0 Å². The van der Waals surface area contributed by atoms with Crippen LogP contribution in [-0.2, 0) is 0 Å². The van der Waals surface area contributed by atoms with Crippen LogP contribution in [0, 0.1) is 0 Å². The summed E-state index contributed by atoms with van der Waals surface area (Å²) in [7, 11) is 0. The maximum absolute atomic E-state index is 4.87. The summed E-state index contributed by atoms with van der Waals surface area (Å²) in [6, 6.07) is 0. The number of hydrogen-bond acceptors (Lipinski definition) is 2. The Morgan fingerprint density at radius 1 is 1.83 bits per heavy atom. The van der Waals surface area contributed by atoms with Crippen LogP contribution in [0.3, 0.4) is 0 Å². The fourth-order valence-corrected chi connectivity index (χ4v) is 0.151. The van der Waals surface area contributed by atoms with Gasteiger partial charge in [-0.2, -0.15) is 5.11 Å². The van der Waals surface area contributed by atoms with E-state index in [4.69, 9.17) is 11.8 Å². The van der Waals surface area contributed by atoms with Crippen molar-refractivity contribution in [3.63, 3.8) is 0 Å². The third-order valence-electron chi connectivity index (χ3n) is 0.250. The van der Waals surface area contributed by atoms with E-state index in [0.717, 1.165) is 0 Å². The molecule has 0 unspecified atom stereocenters. The van der Waals surface area contributed by atoms with Crippen molar-refractivity contribution >= 4 is 11.8 Å². The van der Waals surface area contributed by atoms with Gasteiger partial charge < -0.3 is 0 Å². The molecule has 0 saturated heterocycles. The summed E-state index contributed by atoms with van der Waals surface area (Å²) in [6.45, 7) is 2.54. The van der Waals surface area contributed by atoms with Crippen LogP contribution in [0.15, 0.2) is 10.3 Å². The summed E-state index contributed by atoms with van der Waals surface area (Å²) in [6.07, 6.45) is 0. The normalized spacial score (nSPS) is 9.67. The Hall–Kier alpha value is -0.310. The number of hydrogen-bond donors (Lipinski definition) is 1. The van der Waals surface area contributed by atoms with E-state index in [0.29, 0.717) is 6.54 Å². The first-order valence-electron chi connectivity index (χ1n) is 1.64. The highest BCUT2D eigenvalue weighted by molar-refractivity contribution is 6.13. The number of rotatable bonds is 2. The number of halogens is 1. The van der Waals surface area contributed by atoms with E-state index in [1.165, 1.54) is 0 Å². The average Bonchev–Trinajstić information content (AvgIpc) is 1.61. The van der Waals surface area contributed by atoms with Crippen LogP contribution in [-0.4, -0.2) is 6.54 Å². The Kier molecular flexibility index (Phi) is 4.45. The SMILES string of the molecule is CCN=NNCl. The molecular weight excluding hydrogens is 101 g/mol. The minimum atomic E-state index is 0.666. The molecular formula is C2H6ClN3. The Labute approximate surface area is 41.5 Å². The molecule has 0 aromatic carbocycles. The quantitative estimate of drug-likeness (QED) is 0.320. The molecule has 36 valence electrons. The fourth-order valence-electron chi connectivity index (χ4n) is 0.0974. The maximum atomic E-state index is 4.87. The second-order valence-electron chi connectivity index (χ2n) is 0.642. The summed E-state index contributed by atoms with van der Waals surface area (Å²) in [5.74, 6) is 0. The van der Waals surface area contributed by atoms with Gasteiger partial charge in [0.05, 0.1) is 6.54 Å². The van der Waals surface area contributed by atoms with Gasteiger partial charge >= 0.3 is 0 Å². The second kappa shape index (κ2) is 4.69. The first-order valence-corrected chi connectivity index (χ1v) is 2.01. The van der Waals surface area contributed by atoms with Crippen LogP contribution in [0.1, 0.15) is 6.92 Å². The van der Waals surface area contributed by atoms with Crippen LogP contribution >= 0.6 is 11.8 Å². The van der Waals surface area contributed by atoms with Gasteiger partial charge in [-0.05, 0) is 6.92 Å². The highest BCUT2D eigenvalue weighted by Gasteiger charge is 1.59. The van der Waals surface area contributed by atoms with Gasteiger partial charge in [0.2, 0.25) is 0 Å². The molecule has 0 aliphatic heterocycles. The van der Waals surface area contributed by atoms with E-state index >= 15 is 0 Å². The third kappa shape index (κ3) is 3.69. The molecule has 0 rings (SSSR count). The predicted molar refractivity (Wildman–Crippen MR) is 24.4 cm³/mol. The Morgan fingerprint density at radius 3 is 2.67 bits per heavy atom. The molecule has 0 heterocycles. The smallest absolute Gasteiger partial charge is 0.0592 e. The molecule has 4 heteroatoms. The molecule has 0 aromatic heterocycles. The summed E-state index contributed by atoms with van der Waals surface area (Å²) < 4.78 is 0. The monoisotopic (exact) mass is 107 g/mol. The number of nitrogens with one attached hydrogen (secondary N) is 1. The van der Waals surface area contributed by atoms with Crippen LogP contribution in [0.4, 0.5) is 0 Å². The van der Waals surface area contributed by atoms with Gasteiger partial charge in [0.1, 0.15) is 0 Å². The van der Waals surface area contributed by atoms with Crippen molar-refractivity contribution in [2.75, 3.05) is 6.54 Å². The zero-order valence-electron chi connectivity index (χ0n) is 3.48. The molecule has 0 saturated carbocycles. The van der Waals surface area contributed by atoms with Crippen LogP contribution in [0.25, 0.3) is 0 Å². The lowest BCUT2D eigenvalue weighted by Crippen LogP contribution is -1.79. The zero-order valence-corrected chi connectivity index (χ0v) is 4.24. The number of nitrogens with zero attached hydrogens (tertiary/aromatic N) is 2. The minimum absolute atomic E-state index is 0.666. The average molecular weight is 108 g/mol. The Bertz CT molecular complexity index is 38.1. The first-order chi connectivity index (χ1) is 2.91. The summed E-state index contributed by atoms with van der Waals surface area (Å²) in [4.78, 5) is 2.00. The van der Waals surface area contributed by atoms with Crippen LogP contribution in [0.5, 0.6) is 0 Å². The van der Waals surface area contributed by atoms with Gasteiger partial charge in [0.15, 0.2) is 0 Å². The largest absolute Gasteiger partial charge is 0.201 e. The molecule has 0 spiro atoms. The highest BCUT2D eigenvalue weighted by Crippen LogP contribution is 1.67. The van der Waals surface area contributed by atoms with E-state index in [1.807, 2.05) is 11.9 Å². The summed E-state index contributed by atoms with van der Waals surface area (Å²) in [5, 5.41) is 6.70. The molecule has 0 aromatic rings. The van der Waals surface area contributed by atoms with Gasteiger partial charge in [-0.1, -0.05) is 5.22 Å². The molecule has 0 amide bonds. The van der Waals surface area contributed by atoms with Crippen LogP contribution < -0.4 is 4.94 Å². The predicted octanol–water partition coefficient (Wildman–Crippen LogP) is 1.12. The minimum Gasteiger partial charge on any atom is -0.201 e. The van der Waals surface area contributed by atoms with Gasteiger partial charge in [-0.3, -0.25) is 0 Å². The van der Waals surface area contributed by atoms with E-state index in [2.05, 4.69) is 10.3 Å². The molecule has 0 fully saturated rings. The molecule has 0 aliphatic rings. The van der Waals surface area contributed by atoms with Crippen molar-refractivity contribution < 1.29 is 0 Å². The molecule has 0 aliphatic carbocycles. The van der Waals surface area contributed by atoms with Gasteiger partial charge in [-0.25, -0.2) is 4.94 Å². The molecule has 0 atom stereocenters. The van der Waals surface area contributed by atoms with E-state index in [-0.39, 0.29) is 0 Å². The molecule has 3 nitrogen and oxygen atoms in total. The van der Waals surface area contributed by atoms with Crippen molar-refractivity contribution in [1.29, 1.82) is 0 Å². The van der Waals surface area contributed by atoms with E-state index in [1.54, 1.807) is 0 Å². The standard InChI is InChI=1S/C2H6ClN3/c1-2-4-6-5-3/h2H2,1H3,(H,4,5). The van der Waals surface area contributed by atoms with Gasteiger partial charge in [-0.15, -0.1) is 0 Å². The fraction of sp³-hybridized carbons (Fsp3) is 1.00. The maximum Gasteiger partial charge on any atom is 0.0592 e. The van der Waals surface area contributed by atoms with E-state index in [9.17, 15) is 0 Å². The summed E-state index contributed by atoms with van der Waals surface area (Å²) in [5.41, 5.74) is 0. The van der Waals surface area contributed by atoms with Crippen LogP contribution in [0.2, 0.25) is 0 Å². The zero-order chi connectivity index (χ0) is 4.83. The van der Waals surface area contributed by atoms with Gasteiger partial charge in [0, 0.05) is 11.8 Å². The Balaban J connectivity index is 2.73. The Morgan fingerprint density at radius 2 is 2.50 bits per heavy atom. The second-order valence-corrected chi connectivity index (χ2v) is 0.811.